The molecule has 0 aliphatic heterocycles. The van der Waals surface area contributed by atoms with Gasteiger partial charge in [-0.1, -0.05) is 47.1 Å². The summed E-state index contributed by atoms with van der Waals surface area (Å²) >= 11 is 3.57. The lowest BCUT2D eigenvalue weighted by molar-refractivity contribution is 0.340. The van der Waals surface area contributed by atoms with Crippen molar-refractivity contribution < 1.29 is 9.13 Å². The zero-order valence-corrected chi connectivity index (χ0v) is 13.8. The second-order valence-corrected chi connectivity index (χ2v) is 5.48. The lowest BCUT2D eigenvalue weighted by Crippen LogP contribution is -2.23. The molecule has 2 rings (SSSR count). The third-order valence-electron chi connectivity index (χ3n) is 3.22. The minimum Gasteiger partial charge on any atom is -0.494 e. The van der Waals surface area contributed by atoms with Crippen molar-refractivity contribution in [2.24, 2.45) is 0 Å². The van der Waals surface area contributed by atoms with E-state index in [0.717, 1.165) is 22.3 Å². The maximum Gasteiger partial charge on any atom is 0.128 e. The summed E-state index contributed by atoms with van der Waals surface area (Å²) in [6.45, 7) is 5.33. The van der Waals surface area contributed by atoms with Gasteiger partial charge >= 0.3 is 0 Å². The number of rotatable bonds is 6. The van der Waals surface area contributed by atoms with E-state index >= 15 is 0 Å². The quantitative estimate of drug-likeness (QED) is 0.815. The molecule has 1 atom stereocenters. The Morgan fingerprint density at radius 3 is 2.52 bits per heavy atom. The van der Waals surface area contributed by atoms with E-state index in [1.165, 1.54) is 6.07 Å². The Kier molecular flexibility index (Phi) is 5.76. The van der Waals surface area contributed by atoms with E-state index in [1.54, 1.807) is 6.07 Å². The molecule has 0 saturated heterocycles. The SMILES string of the molecule is CCNC(c1ccccc1F)c1ccc(OCC)cc1Br. The van der Waals surface area contributed by atoms with Crippen LogP contribution in [0.15, 0.2) is 46.9 Å². The molecule has 0 radical (unpaired) electrons. The molecule has 0 bridgehead atoms. The Balaban J connectivity index is 2.41. The molecule has 0 fully saturated rings. The maximum atomic E-state index is 14.1. The first-order valence-corrected chi connectivity index (χ1v) is 7.86. The van der Waals surface area contributed by atoms with Gasteiger partial charge in [-0.2, -0.15) is 0 Å². The average Bonchev–Trinajstić information content (AvgIpc) is 2.47. The van der Waals surface area contributed by atoms with E-state index in [9.17, 15) is 4.39 Å². The molecule has 0 saturated carbocycles. The standard InChI is InChI=1S/C17H19BrFNO/c1-3-20-17(14-7-5-6-8-16(14)19)13-10-9-12(21-4-2)11-15(13)18/h5-11,17,20H,3-4H2,1-2H3. The summed E-state index contributed by atoms with van der Waals surface area (Å²) in [6.07, 6.45) is 0. The van der Waals surface area contributed by atoms with Crippen molar-refractivity contribution >= 4 is 15.9 Å². The smallest absolute Gasteiger partial charge is 0.128 e. The number of benzene rings is 2. The van der Waals surface area contributed by atoms with Gasteiger partial charge in [0.15, 0.2) is 0 Å². The van der Waals surface area contributed by atoms with E-state index in [-0.39, 0.29) is 11.9 Å². The van der Waals surface area contributed by atoms with Gasteiger partial charge in [-0.05, 0) is 37.2 Å². The molecule has 2 aromatic carbocycles. The summed E-state index contributed by atoms with van der Waals surface area (Å²) in [4.78, 5) is 0. The molecule has 1 unspecified atom stereocenters. The molecule has 2 nitrogen and oxygen atoms in total. The number of nitrogens with one attached hydrogen (secondary N) is 1. The fourth-order valence-electron chi connectivity index (χ4n) is 2.30. The predicted molar refractivity (Wildman–Crippen MR) is 87.2 cm³/mol. The van der Waals surface area contributed by atoms with Gasteiger partial charge < -0.3 is 10.1 Å². The summed E-state index contributed by atoms with van der Waals surface area (Å²) in [5.41, 5.74) is 1.63. The predicted octanol–water partition coefficient (Wildman–Crippen LogP) is 4.69. The van der Waals surface area contributed by atoms with Gasteiger partial charge in [0.25, 0.3) is 0 Å². The van der Waals surface area contributed by atoms with Gasteiger partial charge in [0.05, 0.1) is 12.6 Å². The van der Waals surface area contributed by atoms with E-state index in [2.05, 4.69) is 21.2 Å². The summed E-state index contributed by atoms with van der Waals surface area (Å²) in [5.74, 6) is 0.598. The van der Waals surface area contributed by atoms with Crippen molar-refractivity contribution in [1.29, 1.82) is 0 Å². The Morgan fingerprint density at radius 1 is 1.14 bits per heavy atom. The van der Waals surface area contributed by atoms with Gasteiger partial charge in [-0.3, -0.25) is 0 Å². The van der Waals surface area contributed by atoms with E-state index in [0.29, 0.717) is 12.2 Å². The molecule has 0 aliphatic carbocycles. The monoisotopic (exact) mass is 351 g/mol. The largest absolute Gasteiger partial charge is 0.494 e. The Morgan fingerprint density at radius 2 is 1.90 bits per heavy atom. The molecule has 0 amide bonds. The molecule has 0 spiro atoms. The van der Waals surface area contributed by atoms with Crippen LogP contribution in [0.5, 0.6) is 5.75 Å². The Bertz CT molecular complexity index is 603. The van der Waals surface area contributed by atoms with Crippen LogP contribution in [0.1, 0.15) is 31.0 Å². The van der Waals surface area contributed by atoms with Crippen LogP contribution in [0.3, 0.4) is 0 Å². The summed E-state index contributed by atoms with van der Waals surface area (Å²) in [5, 5.41) is 3.34. The molecule has 112 valence electrons. The third-order valence-corrected chi connectivity index (χ3v) is 3.91. The number of halogens is 2. The second kappa shape index (κ2) is 7.57. The first-order valence-electron chi connectivity index (χ1n) is 7.07. The fraction of sp³-hybridized carbons (Fsp3) is 0.294. The van der Waals surface area contributed by atoms with Gasteiger partial charge in [0, 0.05) is 10.0 Å². The highest BCUT2D eigenvalue weighted by molar-refractivity contribution is 9.10. The van der Waals surface area contributed by atoms with Gasteiger partial charge in [-0.25, -0.2) is 4.39 Å². The van der Waals surface area contributed by atoms with Crippen LogP contribution in [0, 0.1) is 5.82 Å². The minimum atomic E-state index is -0.204. The van der Waals surface area contributed by atoms with Crippen LogP contribution >= 0.6 is 15.9 Å². The van der Waals surface area contributed by atoms with E-state index < -0.39 is 0 Å². The fourth-order valence-corrected chi connectivity index (χ4v) is 2.89. The van der Waals surface area contributed by atoms with Crippen LogP contribution in [0.2, 0.25) is 0 Å². The van der Waals surface area contributed by atoms with Crippen LogP contribution < -0.4 is 10.1 Å². The van der Waals surface area contributed by atoms with Gasteiger partial charge in [0.2, 0.25) is 0 Å². The lowest BCUT2D eigenvalue weighted by atomic mass is 9.98. The van der Waals surface area contributed by atoms with Crippen molar-refractivity contribution in [2.45, 2.75) is 19.9 Å². The number of ether oxygens (including phenoxy) is 1. The van der Waals surface area contributed by atoms with Crippen LogP contribution in [0.4, 0.5) is 4.39 Å². The molecule has 0 aliphatic rings. The highest BCUT2D eigenvalue weighted by Gasteiger charge is 2.19. The highest BCUT2D eigenvalue weighted by Crippen LogP contribution is 2.32. The molecule has 21 heavy (non-hydrogen) atoms. The molecule has 2 aromatic rings. The van der Waals surface area contributed by atoms with Crippen LogP contribution in [-0.4, -0.2) is 13.2 Å². The van der Waals surface area contributed by atoms with Gasteiger partial charge in [-0.15, -0.1) is 0 Å². The molecule has 1 N–H and O–H groups in total. The Hall–Kier alpha value is -1.39. The Labute approximate surface area is 133 Å². The molecule has 4 heteroatoms. The first kappa shape index (κ1) is 16.0. The van der Waals surface area contributed by atoms with Crippen molar-refractivity contribution in [3.05, 3.63) is 63.9 Å². The van der Waals surface area contributed by atoms with Crippen molar-refractivity contribution in [1.82, 2.24) is 5.32 Å². The molecule has 0 heterocycles. The number of hydrogen-bond acceptors (Lipinski definition) is 2. The van der Waals surface area contributed by atoms with Crippen molar-refractivity contribution in [3.63, 3.8) is 0 Å². The first-order chi connectivity index (χ1) is 10.2. The average molecular weight is 352 g/mol. The molecule has 0 aromatic heterocycles. The number of hydrogen-bond donors (Lipinski definition) is 1. The topological polar surface area (TPSA) is 21.3 Å². The maximum absolute atomic E-state index is 14.1. The second-order valence-electron chi connectivity index (χ2n) is 4.63. The zero-order valence-electron chi connectivity index (χ0n) is 12.2. The van der Waals surface area contributed by atoms with Gasteiger partial charge in [0.1, 0.15) is 11.6 Å². The summed E-state index contributed by atoms with van der Waals surface area (Å²) in [6, 6.07) is 12.5. The highest BCUT2D eigenvalue weighted by atomic mass is 79.9. The van der Waals surface area contributed by atoms with Crippen molar-refractivity contribution in [3.8, 4) is 5.75 Å². The lowest BCUT2D eigenvalue weighted by Gasteiger charge is -2.21. The van der Waals surface area contributed by atoms with Crippen LogP contribution in [0.25, 0.3) is 0 Å². The van der Waals surface area contributed by atoms with Crippen LogP contribution in [-0.2, 0) is 0 Å². The van der Waals surface area contributed by atoms with Crippen molar-refractivity contribution in [2.75, 3.05) is 13.2 Å². The third kappa shape index (κ3) is 3.83. The normalized spacial score (nSPS) is 12.2. The summed E-state index contributed by atoms with van der Waals surface area (Å²) in [7, 11) is 0. The molecular weight excluding hydrogens is 333 g/mol. The zero-order chi connectivity index (χ0) is 15.2. The van der Waals surface area contributed by atoms with E-state index in [1.807, 2.05) is 44.2 Å². The molecular formula is C17H19BrFNO. The summed E-state index contributed by atoms with van der Waals surface area (Å²) < 4.78 is 20.5. The minimum absolute atomic E-state index is 0.193. The van der Waals surface area contributed by atoms with E-state index in [4.69, 9.17) is 4.74 Å².